The predicted octanol–water partition coefficient (Wildman–Crippen LogP) is 2.43. The Balaban J connectivity index is 2.23. The van der Waals surface area contributed by atoms with Gasteiger partial charge in [0.25, 0.3) is 0 Å². The first-order chi connectivity index (χ1) is 8.86. The lowest BCUT2D eigenvalue weighted by molar-refractivity contribution is 0.388. The Bertz CT molecular complexity index is 551. The zero-order valence-electron chi connectivity index (χ0n) is 11.6. The molecule has 0 saturated carbocycles. The summed E-state index contributed by atoms with van der Waals surface area (Å²) in [6.07, 6.45) is 2.60. The number of hydrogen-bond donors (Lipinski definition) is 0. The normalized spacial score (nSPS) is 21.4. The fourth-order valence-electron chi connectivity index (χ4n) is 2.52. The maximum Gasteiger partial charge on any atom is 0.244 e. The standard InChI is InChI=1S/C13H21ClN2O2S/c1-10(2)11-4-5-16(8-11)19(17,18)13-6-12(7-14)15(3)9-13/h6,9-11H,4-5,7-8H2,1-3H3. The zero-order valence-corrected chi connectivity index (χ0v) is 13.2. The summed E-state index contributed by atoms with van der Waals surface area (Å²) in [6, 6.07) is 1.67. The SMILES string of the molecule is CC(C)C1CCN(S(=O)(=O)c2cc(CCl)n(C)c2)C1. The van der Waals surface area contributed by atoms with E-state index in [2.05, 4.69) is 13.8 Å². The number of aryl methyl sites for hydroxylation is 1. The fourth-order valence-corrected chi connectivity index (χ4v) is 4.39. The summed E-state index contributed by atoms with van der Waals surface area (Å²) in [7, 11) is -1.55. The molecule has 1 atom stereocenters. The highest BCUT2D eigenvalue weighted by atomic mass is 35.5. The van der Waals surface area contributed by atoms with Gasteiger partial charge in [-0.2, -0.15) is 4.31 Å². The van der Waals surface area contributed by atoms with Crippen LogP contribution in [-0.4, -0.2) is 30.4 Å². The van der Waals surface area contributed by atoms with Crippen molar-refractivity contribution in [1.82, 2.24) is 8.87 Å². The van der Waals surface area contributed by atoms with E-state index in [1.165, 1.54) is 0 Å². The van der Waals surface area contributed by atoms with Crippen molar-refractivity contribution in [3.05, 3.63) is 18.0 Å². The van der Waals surface area contributed by atoms with Crippen LogP contribution in [0.25, 0.3) is 0 Å². The second-order valence-corrected chi connectivity index (χ2v) is 7.77. The molecular formula is C13H21ClN2O2S. The van der Waals surface area contributed by atoms with Gasteiger partial charge in [-0.3, -0.25) is 0 Å². The average molecular weight is 305 g/mol. The first kappa shape index (κ1) is 14.9. The van der Waals surface area contributed by atoms with Gasteiger partial charge in [-0.15, -0.1) is 11.6 Å². The van der Waals surface area contributed by atoms with Crippen molar-refractivity contribution in [3.63, 3.8) is 0 Å². The van der Waals surface area contributed by atoms with Crippen molar-refractivity contribution >= 4 is 21.6 Å². The van der Waals surface area contributed by atoms with Crippen LogP contribution in [0.1, 0.15) is 26.0 Å². The van der Waals surface area contributed by atoms with E-state index in [4.69, 9.17) is 11.6 Å². The molecule has 1 aromatic rings. The number of sulfonamides is 1. The van der Waals surface area contributed by atoms with Crippen molar-refractivity contribution in [2.45, 2.75) is 31.0 Å². The van der Waals surface area contributed by atoms with Crippen LogP contribution in [0.4, 0.5) is 0 Å². The molecule has 1 saturated heterocycles. The molecular weight excluding hydrogens is 284 g/mol. The van der Waals surface area contributed by atoms with Crippen LogP contribution < -0.4 is 0 Å². The molecule has 108 valence electrons. The third-order valence-corrected chi connectivity index (χ3v) is 6.09. The predicted molar refractivity (Wildman–Crippen MR) is 76.7 cm³/mol. The summed E-state index contributed by atoms with van der Waals surface area (Å²) < 4.78 is 28.5. The molecule has 0 aliphatic carbocycles. The van der Waals surface area contributed by atoms with Crippen LogP contribution in [0.2, 0.25) is 0 Å². The molecule has 0 amide bonds. The summed E-state index contributed by atoms with van der Waals surface area (Å²) in [4.78, 5) is 0.357. The highest BCUT2D eigenvalue weighted by Gasteiger charge is 2.34. The molecule has 6 heteroatoms. The fraction of sp³-hybridized carbons (Fsp3) is 0.692. The third kappa shape index (κ3) is 2.83. The van der Waals surface area contributed by atoms with Crippen LogP contribution in [0.3, 0.4) is 0 Å². The molecule has 19 heavy (non-hydrogen) atoms. The molecule has 0 aromatic carbocycles. The highest BCUT2D eigenvalue weighted by Crippen LogP contribution is 2.29. The molecule has 1 fully saturated rings. The van der Waals surface area contributed by atoms with Crippen molar-refractivity contribution < 1.29 is 8.42 Å². The van der Waals surface area contributed by atoms with Crippen molar-refractivity contribution in [3.8, 4) is 0 Å². The van der Waals surface area contributed by atoms with E-state index in [1.807, 2.05) is 7.05 Å². The Morgan fingerprint density at radius 1 is 1.47 bits per heavy atom. The quantitative estimate of drug-likeness (QED) is 0.802. The Hall–Kier alpha value is -0.520. The van der Waals surface area contributed by atoms with Gasteiger partial charge in [-0.25, -0.2) is 8.42 Å². The van der Waals surface area contributed by atoms with E-state index in [1.54, 1.807) is 21.1 Å². The van der Waals surface area contributed by atoms with E-state index in [0.29, 0.717) is 35.7 Å². The number of alkyl halides is 1. The Morgan fingerprint density at radius 2 is 2.16 bits per heavy atom. The maximum atomic E-state index is 12.6. The molecule has 0 spiro atoms. The van der Waals surface area contributed by atoms with E-state index < -0.39 is 10.0 Å². The number of nitrogens with zero attached hydrogens (tertiary/aromatic N) is 2. The molecule has 0 radical (unpaired) electrons. The van der Waals surface area contributed by atoms with Crippen LogP contribution in [0.15, 0.2) is 17.2 Å². The first-order valence-corrected chi connectivity index (χ1v) is 8.55. The zero-order chi connectivity index (χ0) is 14.2. The Kier molecular flexibility index (Phi) is 4.28. The molecule has 2 heterocycles. The number of aromatic nitrogens is 1. The van der Waals surface area contributed by atoms with Gasteiger partial charge >= 0.3 is 0 Å². The number of hydrogen-bond acceptors (Lipinski definition) is 2. The van der Waals surface area contributed by atoms with Crippen molar-refractivity contribution in [1.29, 1.82) is 0 Å². The molecule has 4 nitrogen and oxygen atoms in total. The second-order valence-electron chi connectivity index (χ2n) is 5.57. The lowest BCUT2D eigenvalue weighted by Crippen LogP contribution is -2.29. The summed E-state index contributed by atoms with van der Waals surface area (Å²) >= 11 is 5.79. The lowest BCUT2D eigenvalue weighted by atomic mass is 9.96. The Morgan fingerprint density at radius 3 is 2.63 bits per heavy atom. The molecule has 1 unspecified atom stereocenters. The minimum absolute atomic E-state index is 0.320. The molecule has 0 bridgehead atoms. The van der Waals surface area contributed by atoms with Crippen LogP contribution in [-0.2, 0) is 23.0 Å². The van der Waals surface area contributed by atoms with Gasteiger partial charge in [0.1, 0.15) is 4.90 Å². The summed E-state index contributed by atoms with van der Waals surface area (Å²) in [6.45, 7) is 5.55. The van der Waals surface area contributed by atoms with E-state index in [-0.39, 0.29) is 0 Å². The average Bonchev–Trinajstić information content (AvgIpc) is 2.95. The second kappa shape index (κ2) is 5.46. The van der Waals surface area contributed by atoms with E-state index >= 15 is 0 Å². The van der Waals surface area contributed by atoms with E-state index in [0.717, 1.165) is 12.1 Å². The van der Waals surface area contributed by atoms with E-state index in [9.17, 15) is 8.42 Å². The smallest absolute Gasteiger partial charge is 0.244 e. The van der Waals surface area contributed by atoms with Gasteiger partial charge in [-0.05, 0) is 24.3 Å². The summed E-state index contributed by atoms with van der Waals surface area (Å²) in [5, 5.41) is 0. The van der Waals surface area contributed by atoms with Crippen molar-refractivity contribution in [2.24, 2.45) is 18.9 Å². The summed E-state index contributed by atoms with van der Waals surface area (Å²) in [5.74, 6) is 1.31. The van der Waals surface area contributed by atoms with Crippen LogP contribution in [0, 0.1) is 11.8 Å². The third-order valence-electron chi connectivity index (χ3n) is 3.99. The summed E-state index contributed by atoms with van der Waals surface area (Å²) in [5.41, 5.74) is 0.819. The molecule has 2 rings (SSSR count). The largest absolute Gasteiger partial charge is 0.352 e. The monoisotopic (exact) mass is 304 g/mol. The van der Waals surface area contributed by atoms with Gasteiger partial charge < -0.3 is 4.57 Å². The van der Waals surface area contributed by atoms with Gasteiger partial charge in [0, 0.05) is 32.0 Å². The minimum atomic E-state index is -3.36. The molecule has 1 aliphatic rings. The maximum absolute atomic E-state index is 12.6. The van der Waals surface area contributed by atoms with Crippen LogP contribution >= 0.6 is 11.6 Å². The van der Waals surface area contributed by atoms with Gasteiger partial charge in [0.05, 0.1) is 5.88 Å². The van der Waals surface area contributed by atoms with Gasteiger partial charge in [0.2, 0.25) is 10.0 Å². The van der Waals surface area contributed by atoms with Gasteiger partial charge in [-0.1, -0.05) is 13.8 Å². The first-order valence-electron chi connectivity index (χ1n) is 6.57. The number of halogens is 1. The molecule has 1 aromatic heterocycles. The molecule has 1 aliphatic heterocycles. The lowest BCUT2D eigenvalue weighted by Gasteiger charge is -2.17. The molecule has 0 N–H and O–H groups in total. The van der Waals surface area contributed by atoms with Crippen molar-refractivity contribution in [2.75, 3.05) is 13.1 Å². The minimum Gasteiger partial charge on any atom is -0.352 e. The Labute approximate surface area is 120 Å². The van der Waals surface area contributed by atoms with Crippen LogP contribution in [0.5, 0.6) is 0 Å². The topological polar surface area (TPSA) is 42.3 Å². The number of rotatable bonds is 4. The van der Waals surface area contributed by atoms with Gasteiger partial charge in [0.15, 0.2) is 0 Å². The highest BCUT2D eigenvalue weighted by molar-refractivity contribution is 7.89.